The van der Waals surface area contributed by atoms with Gasteiger partial charge in [-0.05, 0) is 74.9 Å². The number of Topliss-reactive ketones (excluding diaryl/α,β-unsaturated/α-hetero) is 1. The van der Waals surface area contributed by atoms with Gasteiger partial charge in [-0.2, -0.15) is 5.06 Å². The van der Waals surface area contributed by atoms with Crippen LogP contribution in [0.5, 0.6) is 0 Å². The van der Waals surface area contributed by atoms with E-state index >= 15 is 0 Å². The Balaban J connectivity index is 1.30. The molecular formula is C32H43NO5. The van der Waals surface area contributed by atoms with E-state index in [9.17, 15) is 19.8 Å². The number of aliphatic hydroxyl groups is 2. The van der Waals surface area contributed by atoms with Crippen LogP contribution in [0.4, 0.5) is 0 Å². The third kappa shape index (κ3) is 3.46. The first kappa shape index (κ1) is 26.4. The number of allylic oxidation sites excluding steroid dienone is 8. The number of nitrogens with zero attached hydrogens (tertiary/aromatic N) is 1. The van der Waals surface area contributed by atoms with E-state index in [1.807, 2.05) is 11.1 Å². The summed E-state index contributed by atoms with van der Waals surface area (Å²) in [6.45, 7) is 7.51. The largest absolute Gasteiger partial charge is 0.393 e. The minimum atomic E-state index is -1.12. The highest BCUT2D eigenvalue weighted by Gasteiger charge is 2.79. The van der Waals surface area contributed by atoms with Crippen molar-refractivity contribution in [2.75, 3.05) is 19.7 Å². The van der Waals surface area contributed by atoms with Gasteiger partial charge >= 0.3 is 0 Å². The number of hydrogen-bond acceptors (Lipinski definition) is 6. The normalized spacial score (nSPS) is 45.7. The molecule has 3 saturated carbocycles. The van der Waals surface area contributed by atoms with Crippen molar-refractivity contribution in [1.29, 1.82) is 0 Å². The molecule has 1 saturated heterocycles. The Labute approximate surface area is 226 Å². The van der Waals surface area contributed by atoms with Gasteiger partial charge in [-0.15, -0.1) is 0 Å². The zero-order chi connectivity index (χ0) is 26.9. The Morgan fingerprint density at radius 1 is 1.18 bits per heavy atom. The van der Waals surface area contributed by atoms with E-state index in [1.165, 1.54) is 5.57 Å². The number of fused-ring (bicyclic) bond motifs is 7. The van der Waals surface area contributed by atoms with Crippen LogP contribution in [-0.2, 0) is 14.4 Å². The minimum absolute atomic E-state index is 0.0158. The fourth-order valence-electron chi connectivity index (χ4n) is 9.95. The molecule has 6 aliphatic rings. The molecule has 0 aromatic carbocycles. The zero-order valence-corrected chi connectivity index (χ0v) is 23.1. The Kier molecular flexibility index (Phi) is 6.30. The van der Waals surface area contributed by atoms with Crippen LogP contribution < -0.4 is 0 Å². The molecule has 6 nitrogen and oxygen atoms in total. The van der Waals surface area contributed by atoms with Crippen LogP contribution >= 0.6 is 0 Å². The van der Waals surface area contributed by atoms with E-state index in [0.717, 1.165) is 57.1 Å². The van der Waals surface area contributed by atoms with Gasteiger partial charge in [0.05, 0.1) is 6.10 Å². The molecular weight excluding hydrogens is 478 g/mol. The molecule has 0 radical (unpaired) electrons. The van der Waals surface area contributed by atoms with E-state index in [1.54, 1.807) is 12.2 Å². The van der Waals surface area contributed by atoms with Crippen LogP contribution in [0, 0.1) is 34.0 Å². The lowest BCUT2D eigenvalue weighted by atomic mass is 9.41. The van der Waals surface area contributed by atoms with E-state index < -0.39 is 23.7 Å². The number of hydroxylamine groups is 2. The van der Waals surface area contributed by atoms with Gasteiger partial charge in [0.25, 0.3) is 0 Å². The third-order valence-electron chi connectivity index (χ3n) is 11.8. The molecule has 0 aromatic rings. The van der Waals surface area contributed by atoms with Crippen LogP contribution in [0.25, 0.3) is 0 Å². The molecule has 4 fully saturated rings. The van der Waals surface area contributed by atoms with E-state index in [2.05, 4.69) is 39.0 Å². The van der Waals surface area contributed by atoms with Crippen molar-refractivity contribution in [3.05, 3.63) is 47.6 Å². The summed E-state index contributed by atoms with van der Waals surface area (Å²) in [5, 5.41) is 24.0. The van der Waals surface area contributed by atoms with Gasteiger partial charge in [0.2, 0.25) is 0 Å². The first-order valence-electron chi connectivity index (χ1n) is 14.7. The van der Waals surface area contributed by atoms with Crippen molar-refractivity contribution < 1.29 is 24.6 Å². The lowest BCUT2D eigenvalue weighted by molar-refractivity contribution is -0.266. The molecule has 1 aliphatic heterocycles. The monoisotopic (exact) mass is 521 g/mol. The summed E-state index contributed by atoms with van der Waals surface area (Å²) < 4.78 is 0. The first-order valence-corrected chi connectivity index (χ1v) is 14.7. The SMILES string of the molecule is C[C@]12C[C@H](O)[C@H]3[C@@H](CCC4=CC(=O)C=C[C@@]43C)[C@]1(C)C[C@H]1CN(CCCC3=CCCC=C3)O[C@]12C(=O)CO. The lowest BCUT2D eigenvalue weighted by Crippen LogP contribution is -2.66. The molecule has 0 bridgehead atoms. The predicted octanol–water partition coefficient (Wildman–Crippen LogP) is 4.49. The van der Waals surface area contributed by atoms with Gasteiger partial charge in [0.15, 0.2) is 17.2 Å². The summed E-state index contributed by atoms with van der Waals surface area (Å²) in [6, 6.07) is 0. The summed E-state index contributed by atoms with van der Waals surface area (Å²) in [5.41, 5.74) is 0.168. The summed E-state index contributed by atoms with van der Waals surface area (Å²) in [7, 11) is 0. The summed E-state index contributed by atoms with van der Waals surface area (Å²) >= 11 is 0. The van der Waals surface area contributed by atoms with Gasteiger partial charge in [0, 0.05) is 35.8 Å². The van der Waals surface area contributed by atoms with Crippen molar-refractivity contribution >= 4 is 11.6 Å². The second kappa shape index (κ2) is 9.09. The van der Waals surface area contributed by atoms with E-state index in [0.29, 0.717) is 13.0 Å². The molecule has 5 aliphatic carbocycles. The maximum Gasteiger partial charge on any atom is 0.192 e. The number of aliphatic hydroxyl groups excluding tert-OH is 2. The summed E-state index contributed by atoms with van der Waals surface area (Å²) in [6.07, 6.45) is 18.8. The van der Waals surface area contributed by atoms with Crippen LogP contribution in [-0.4, -0.2) is 58.2 Å². The molecule has 206 valence electrons. The van der Waals surface area contributed by atoms with Crippen LogP contribution in [0.15, 0.2) is 47.6 Å². The van der Waals surface area contributed by atoms with Gasteiger partial charge < -0.3 is 10.2 Å². The average molecular weight is 522 g/mol. The smallest absolute Gasteiger partial charge is 0.192 e. The van der Waals surface area contributed by atoms with Crippen LogP contribution in [0.3, 0.4) is 0 Å². The van der Waals surface area contributed by atoms with Crippen LogP contribution in [0.1, 0.15) is 72.1 Å². The van der Waals surface area contributed by atoms with Gasteiger partial charge in [0.1, 0.15) is 6.61 Å². The molecule has 0 aromatic heterocycles. The zero-order valence-electron chi connectivity index (χ0n) is 23.1. The highest BCUT2D eigenvalue weighted by molar-refractivity contribution is 6.01. The van der Waals surface area contributed by atoms with Gasteiger partial charge in [-0.25, -0.2) is 0 Å². The Morgan fingerprint density at radius 2 is 2.00 bits per heavy atom. The Morgan fingerprint density at radius 3 is 2.74 bits per heavy atom. The van der Waals surface area contributed by atoms with Crippen molar-refractivity contribution in [3.8, 4) is 0 Å². The van der Waals surface area contributed by atoms with E-state index in [-0.39, 0.29) is 40.2 Å². The molecule has 6 rings (SSSR count). The molecule has 0 spiro atoms. The third-order valence-corrected chi connectivity index (χ3v) is 11.8. The average Bonchev–Trinajstić information content (AvgIpc) is 3.34. The quantitative estimate of drug-likeness (QED) is 0.536. The van der Waals surface area contributed by atoms with Gasteiger partial charge in [-0.3, -0.25) is 14.4 Å². The van der Waals surface area contributed by atoms with Gasteiger partial charge in [-0.1, -0.05) is 56.2 Å². The fraction of sp³-hybridized carbons (Fsp3) is 0.688. The molecule has 0 unspecified atom stereocenters. The molecule has 6 heteroatoms. The molecule has 8 atom stereocenters. The lowest BCUT2D eigenvalue weighted by Gasteiger charge is -2.64. The first-order chi connectivity index (χ1) is 18.1. The van der Waals surface area contributed by atoms with E-state index in [4.69, 9.17) is 4.84 Å². The molecule has 1 heterocycles. The molecule has 2 N–H and O–H groups in total. The minimum Gasteiger partial charge on any atom is -0.393 e. The van der Waals surface area contributed by atoms with Crippen molar-refractivity contribution in [2.24, 2.45) is 34.0 Å². The Bertz CT molecular complexity index is 1150. The number of carbonyl (C=O) groups excluding carboxylic acids is 2. The standard InChI is InChI=1S/C32H43NO5/c1-29-14-13-24(35)16-22(29)11-12-25-28(29)26(36)18-31(3)30(25,2)17-23-19-33(38-32(23,31)27(37)20-34)15-7-10-21-8-5-4-6-9-21/h5,8-9,13-14,16,23,25-26,28,34,36H,4,6-7,10-12,15,17-20H2,1-3H3/t23-,25+,26-,28+,29-,30-,31-,32-/m0/s1. The number of ketones is 2. The van der Waals surface area contributed by atoms with Crippen molar-refractivity contribution in [3.63, 3.8) is 0 Å². The number of hydrogen-bond donors (Lipinski definition) is 2. The number of rotatable bonds is 6. The molecule has 38 heavy (non-hydrogen) atoms. The topological polar surface area (TPSA) is 87.1 Å². The van der Waals surface area contributed by atoms with Crippen molar-refractivity contribution in [1.82, 2.24) is 5.06 Å². The van der Waals surface area contributed by atoms with Crippen LogP contribution in [0.2, 0.25) is 0 Å². The maximum atomic E-state index is 13.7. The highest BCUT2D eigenvalue weighted by atomic mass is 16.7. The summed E-state index contributed by atoms with van der Waals surface area (Å²) in [5.74, 6) is -0.0645. The predicted molar refractivity (Wildman–Crippen MR) is 145 cm³/mol. The van der Waals surface area contributed by atoms with Crippen molar-refractivity contribution in [2.45, 2.75) is 83.8 Å². The molecule has 0 amide bonds. The fourth-order valence-corrected chi connectivity index (χ4v) is 9.95. The number of carbonyl (C=O) groups is 2. The Hall–Kier alpha value is -1.86. The summed E-state index contributed by atoms with van der Waals surface area (Å²) in [4.78, 5) is 32.6. The second-order valence-electron chi connectivity index (χ2n) is 13.4. The maximum absolute atomic E-state index is 13.7. The highest BCUT2D eigenvalue weighted by Crippen LogP contribution is 2.75. The second-order valence-corrected chi connectivity index (χ2v) is 13.4.